The van der Waals surface area contributed by atoms with Crippen LogP contribution in [0.3, 0.4) is 0 Å². The van der Waals surface area contributed by atoms with Crippen LogP contribution in [0.5, 0.6) is 0 Å². The van der Waals surface area contributed by atoms with Crippen LogP contribution in [-0.4, -0.2) is 52.0 Å². The Balaban J connectivity index is 1.72. The molecule has 1 aliphatic heterocycles. The van der Waals surface area contributed by atoms with Crippen LogP contribution in [0.2, 0.25) is 0 Å². The predicted molar refractivity (Wildman–Crippen MR) is 93.1 cm³/mol. The first-order chi connectivity index (χ1) is 11.3. The summed E-state index contributed by atoms with van der Waals surface area (Å²) < 4.78 is 5.54. The third kappa shape index (κ3) is 4.16. The molecule has 24 heavy (non-hydrogen) atoms. The van der Waals surface area contributed by atoms with Gasteiger partial charge in [-0.05, 0) is 65.5 Å². The number of hydrogen-bond acceptors (Lipinski definition) is 5. The molecule has 1 atom stereocenters. The van der Waals surface area contributed by atoms with Crippen molar-refractivity contribution in [2.24, 2.45) is 0 Å². The van der Waals surface area contributed by atoms with Gasteiger partial charge in [-0.15, -0.1) is 5.10 Å². The van der Waals surface area contributed by atoms with Gasteiger partial charge in [-0.2, -0.15) is 5.10 Å². The van der Waals surface area contributed by atoms with Gasteiger partial charge in [0.2, 0.25) is 0 Å². The molecule has 0 unspecified atom stereocenters. The van der Waals surface area contributed by atoms with E-state index in [2.05, 4.69) is 15.1 Å². The number of aromatic nitrogens is 2. The van der Waals surface area contributed by atoms with Gasteiger partial charge in [0, 0.05) is 25.2 Å². The highest BCUT2D eigenvalue weighted by atomic mass is 16.6. The maximum Gasteiger partial charge on any atom is 0.410 e. The molecule has 6 nitrogen and oxygen atoms in total. The Labute approximate surface area is 144 Å². The SMILES string of the molecule is Cc1ccc(N(C2CC2)[C@@H]2CCCN(C(=O)OC(C)(C)C)C2)nn1. The van der Waals surface area contributed by atoms with Gasteiger partial charge in [0.05, 0.1) is 5.69 Å². The normalized spacial score (nSPS) is 21.5. The Morgan fingerprint density at radius 2 is 1.96 bits per heavy atom. The summed E-state index contributed by atoms with van der Waals surface area (Å²) in [5, 5.41) is 8.60. The summed E-state index contributed by atoms with van der Waals surface area (Å²) in [6.07, 6.45) is 4.24. The van der Waals surface area contributed by atoms with Crippen molar-refractivity contribution in [3.05, 3.63) is 17.8 Å². The summed E-state index contributed by atoms with van der Waals surface area (Å²) in [7, 11) is 0. The lowest BCUT2D eigenvalue weighted by Gasteiger charge is -2.40. The van der Waals surface area contributed by atoms with Gasteiger partial charge < -0.3 is 14.5 Å². The van der Waals surface area contributed by atoms with E-state index in [1.54, 1.807) is 0 Å². The number of carbonyl (C=O) groups excluding carboxylic acids is 1. The quantitative estimate of drug-likeness (QED) is 0.851. The van der Waals surface area contributed by atoms with E-state index in [0.29, 0.717) is 12.6 Å². The summed E-state index contributed by atoms with van der Waals surface area (Å²) in [5.41, 5.74) is 0.469. The fourth-order valence-electron chi connectivity index (χ4n) is 3.23. The van der Waals surface area contributed by atoms with Crippen molar-refractivity contribution in [1.82, 2.24) is 15.1 Å². The minimum atomic E-state index is -0.456. The topological polar surface area (TPSA) is 58.6 Å². The number of amides is 1. The lowest BCUT2D eigenvalue weighted by atomic mass is 10.0. The van der Waals surface area contributed by atoms with Crippen molar-refractivity contribution in [2.75, 3.05) is 18.0 Å². The molecule has 2 fully saturated rings. The van der Waals surface area contributed by atoms with Gasteiger partial charge in [-0.3, -0.25) is 0 Å². The number of likely N-dealkylation sites (tertiary alicyclic amines) is 1. The van der Waals surface area contributed by atoms with E-state index in [1.807, 2.05) is 44.7 Å². The fraction of sp³-hybridized carbons (Fsp3) is 0.722. The van der Waals surface area contributed by atoms with Gasteiger partial charge in [0.1, 0.15) is 5.60 Å². The van der Waals surface area contributed by atoms with Gasteiger partial charge in [0.15, 0.2) is 5.82 Å². The summed E-state index contributed by atoms with van der Waals surface area (Å²) >= 11 is 0. The Morgan fingerprint density at radius 3 is 2.54 bits per heavy atom. The van der Waals surface area contributed by atoms with E-state index < -0.39 is 5.60 Å². The number of piperidine rings is 1. The van der Waals surface area contributed by atoms with Crippen molar-refractivity contribution < 1.29 is 9.53 Å². The zero-order valence-corrected chi connectivity index (χ0v) is 15.2. The van der Waals surface area contributed by atoms with Crippen LogP contribution in [0.15, 0.2) is 12.1 Å². The average Bonchev–Trinajstić information content (AvgIpc) is 3.33. The molecule has 1 saturated carbocycles. The molecule has 0 aromatic carbocycles. The largest absolute Gasteiger partial charge is 0.444 e. The van der Waals surface area contributed by atoms with E-state index >= 15 is 0 Å². The summed E-state index contributed by atoms with van der Waals surface area (Å²) in [6, 6.07) is 4.88. The highest BCUT2D eigenvalue weighted by Crippen LogP contribution is 2.34. The zero-order valence-electron chi connectivity index (χ0n) is 15.2. The van der Waals surface area contributed by atoms with E-state index in [-0.39, 0.29) is 12.1 Å². The van der Waals surface area contributed by atoms with Crippen molar-refractivity contribution >= 4 is 11.9 Å². The molecular weight excluding hydrogens is 304 g/mol. The highest BCUT2D eigenvalue weighted by molar-refractivity contribution is 5.68. The lowest BCUT2D eigenvalue weighted by Crippen LogP contribution is -2.52. The van der Waals surface area contributed by atoms with Crippen molar-refractivity contribution in [3.63, 3.8) is 0 Å². The molecule has 1 saturated heterocycles. The summed E-state index contributed by atoms with van der Waals surface area (Å²) in [5.74, 6) is 0.930. The van der Waals surface area contributed by atoms with E-state index in [4.69, 9.17) is 4.74 Å². The van der Waals surface area contributed by atoms with Crippen LogP contribution in [0, 0.1) is 6.92 Å². The molecule has 6 heteroatoms. The smallest absolute Gasteiger partial charge is 0.410 e. The van der Waals surface area contributed by atoms with Gasteiger partial charge in [-0.1, -0.05) is 0 Å². The minimum absolute atomic E-state index is 0.210. The number of hydrogen-bond donors (Lipinski definition) is 0. The molecule has 3 rings (SSSR count). The molecule has 1 aromatic rings. The van der Waals surface area contributed by atoms with Crippen LogP contribution in [0.4, 0.5) is 10.6 Å². The lowest BCUT2D eigenvalue weighted by molar-refractivity contribution is 0.0197. The number of aryl methyl sites for hydroxylation is 1. The first-order valence-electron chi connectivity index (χ1n) is 8.90. The Morgan fingerprint density at radius 1 is 1.21 bits per heavy atom. The van der Waals surface area contributed by atoms with Crippen LogP contribution in [0.1, 0.15) is 52.1 Å². The second-order valence-corrected chi connectivity index (χ2v) is 7.89. The van der Waals surface area contributed by atoms with Crippen molar-refractivity contribution in [3.8, 4) is 0 Å². The maximum atomic E-state index is 12.4. The van der Waals surface area contributed by atoms with Crippen LogP contribution in [-0.2, 0) is 4.74 Å². The number of ether oxygens (including phenoxy) is 1. The number of rotatable bonds is 3. The maximum absolute atomic E-state index is 12.4. The second kappa shape index (κ2) is 6.57. The molecule has 1 aliphatic carbocycles. The summed E-state index contributed by atoms with van der Waals surface area (Å²) in [4.78, 5) is 16.6. The van der Waals surface area contributed by atoms with E-state index in [9.17, 15) is 4.79 Å². The van der Waals surface area contributed by atoms with Crippen LogP contribution in [0.25, 0.3) is 0 Å². The molecular formula is C18H28N4O2. The van der Waals surface area contributed by atoms with Crippen molar-refractivity contribution in [1.29, 1.82) is 0 Å². The Kier molecular flexibility index (Phi) is 4.65. The van der Waals surface area contributed by atoms with E-state index in [1.165, 1.54) is 12.8 Å². The van der Waals surface area contributed by atoms with Gasteiger partial charge in [0.25, 0.3) is 0 Å². The molecule has 1 amide bonds. The molecule has 0 radical (unpaired) electrons. The Hall–Kier alpha value is -1.85. The van der Waals surface area contributed by atoms with Crippen LogP contribution < -0.4 is 4.90 Å². The molecule has 2 heterocycles. The molecule has 0 N–H and O–H groups in total. The summed E-state index contributed by atoms with van der Waals surface area (Å²) in [6.45, 7) is 9.13. The Bertz CT molecular complexity index is 578. The highest BCUT2D eigenvalue weighted by Gasteiger charge is 2.38. The first kappa shape index (κ1) is 17.0. The fourth-order valence-corrected chi connectivity index (χ4v) is 3.23. The number of carbonyl (C=O) groups is 1. The first-order valence-corrected chi connectivity index (χ1v) is 8.90. The average molecular weight is 332 g/mol. The number of anilines is 1. The third-order valence-corrected chi connectivity index (χ3v) is 4.43. The molecule has 1 aromatic heterocycles. The molecule has 132 valence electrons. The molecule has 0 bridgehead atoms. The van der Waals surface area contributed by atoms with Gasteiger partial charge >= 0.3 is 6.09 Å². The number of nitrogens with zero attached hydrogens (tertiary/aromatic N) is 4. The van der Waals surface area contributed by atoms with Gasteiger partial charge in [-0.25, -0.2) is 4.79 Å². The zero-order chi connectivity index (χ0) is 17.3. The second-order valence-electron chi connectivity index (χ2n) is 7.89. The predicted octanol–water partition coefficient (Wildman–Crippen LogP) is 3.15. The molecule has 2 aliphatic rings. The minimum Gasteiger partial charge on any atom is -0.444 e. The third-order valence-electron chi connectivity index (χ3n) is 4.43. The molecule has 0 spiro atoms. The monoisotopic (exact) mass is 332 g/mol. The standard InChI is InChI=1S/C18H28N4O2/c1-13-7-10-16(20-19-13)22(14-8-9-14)15-6-5-11-21(12-15)17(23)24-18(2,3)4/h7,10,14-15H,5-6,8-9,11-12H2,1-4H3/t15-/m1/s1. The van der Waals surface area contributed by atoms with Crippen molar-refractivity contribution in [2.45, 2.75) is 71.1 Å². The van der Waals surface area contributed by atoms with E-state index in [0.717, 1.165) is 30.9 Å². The van der Waals surface area contributed by atoms with Crippen LogP contribution >= 0.6 is 0 Å².